The third-order valence-electron chi connectivity index (χ3n) is 2.50. The summed E-state index contributed by atoms with van der Waals surface area (Å²) in [6.45, 7) is 10.3. The van der Waals surface area contributed by atoms with Crippen LogP contribution in [0.4, 0.5) is 0 Å². The minimum atomic E-state index is 0.419. The van der Waals surface area contributed by atoms with Crippen molar-refractivity contribution in [1.29, 1.82) is 0 Å². The van der Waals surface area contributed by atoms with Crippen molar-refractivity contribution in [3.8, 4) is 0 Å². The zero-order chi connectivity index (χ0) is 9.03. The van der Waals surface area contributed by atoms with Crippen LogP contribution in [-0.4, -0.2) is 25.7 Å². The summed E-state index contributed by atoms with van der Waals surface area (Å²) in [5, 5.41) is 7.12. The Labute approximate surface area is 76.1 Å². The molecule has 72 valence electrons. The van der Waals surface area contributed by atoms with Crippen LogP contribution in [0.15, 0.2) is 0 Å². The lowest BCUT2D eigenvalue weighted by atomic mass is 9.94. The maximum atomic E-state index is 3.61. The Kier molecular flexibility index (Phi) is 3.53. The van der Waals surface area contributed by atoms with Crippen molar-refractivity contribution in [3.05, 3.63) is 0 Å². The first-order chi connectivity index (χ1) is 5.64. The lowest BCUT2D eigenvalue weighted by Crippen LogP contribution is -2.36. The fraction of sp³-hybridized carbons (Fsp3) is 1.00. The van der Waals surface area contributed by atoms with Gasteiger partial charge in [0.2, 0.25) is 0 Å². The molecule has 0 aromatic carbocycles. The van der Waals surface area contributed by atoms with Gasteiger partial charge in [0.25, 0.3) is 0 Å². The van der Waals surface area contributed by atoms with E-state index in [1.54, 1.807) is 0 Å². The highest BCUT2D eigenvalue weighted by Gasteiger charge is 2.22. The highest BCUT2D eigenvalue weighted by molar-refractivity contribution is 4.82. The van der Waals surface area contributed by atoms with Gasteiger partial charge in [-0.25, -0.2) is 0 Å². The average molecular weight is 170 g/mol. The third-order valence-corrected chi connectivity index (χ3v) is 2.50. The van der Waals surface area contributed by atoms with Gasteiger partial charge in [-0.1, -0.05) is 27.2 Å². The van der Waals surface area contributed by atoms with E-state index >= 15 is 0 Å². The van der Waals surface area contributed by atoms with Crippen LogP contribution < -0.4 is 10.6 Å². The van der Waals surface area contributed by atoms with E-state index < -0.39 is 0 Å². The lowest BCUT2D eigenvalue weighted by Gasteiger charge is -2.22. The highest BCUT2D eigenvalue weighted by atomic mass is 15.0. The smallest absolute Gasteiger partial charge is 0.0192 e. The number of hydrogen-bond acceptors (Lipinski definition) is 2. The van der Waals surface area contributed by atoms with Gasteiger partial charge in [0.1, 0.15) is 0 Å². The number of hydrogen-bond donors (Lipinski definition) is 2. The summed E-state index contributed by atoms with van der Waals surface area (Å²) in [5.41, 5.74) is 0.419. The van der Waals surface area contributed by atoms with Gasteiger partial charge in [-0.05, 0) is 11.8 Å². The second kappa shape index (κ2) is 4.24. The predicted molar refractivity (Wildman–Crippen MR) is 53.3 cm³/mol. The molecule has 12 heavy (non-hydrogen) atoms. The van der Waals surface area contributed by atoms with Crippen LogP contribution in [0.5, 0.6) is 0 Å². The topological polar surface area (TPSA) is 24.1 Å². The molecule has 2 heteroatoms. The van der Waals surface area contributed by atoms with E-state index in [9.17, 15) is 0 Å². The zero-order valence-electron chi connectivity index (χ0n) is 8.61. The van der Waals surface area contributed by atoms with Crippen LogP contribution in [0.25, 0.3) is 0 Å². The van der Waals surface area contributed by atoms with Crippen LogP contribution >= 0.6 is 0 Å². The molecule has 0 aromatic rings. The fourth-order valence-electron chi connectivity index (χ4n) is 1.69. The van der Waals surface area contributed by atoms with Gasteiger partial charge in [0, 0.05) is 25.7 Å². The number of rotatable bonds is 2. The zero-order valence-corrected chi connectivity index (χ0v) is 8.61. The molecular formula is C10H22N2. The van der Waals surface area contributed by atoms with Crippen molar-refractivity contribution < 1.29 is 0 Å². The first kappa shape index (κ1) is 10.0. The van der Waals surface area contributed by atoms with Crippen LogP contribution in [0.1, 0.15) is 33.6 Å². The first-order valence-corrected chi connectivity index (χ1v) is 5.08. The van der Waals surface area contributed by atoms with E-state index in [0.29, 0.717) is 11.5 Å². The van der Waals surface area contributed by atoms with Crippen molar-refractivity contribution in [2.75, 3.05) is 19.6 Å². The van der Waals surface area contributed by atoms with Crippen molar-refractivity contribution in [2.45, 2.75) is 39.7 Å². The molecule has 2 N–H and O–H groups in total. The SMILES string of the molecule is CCCC1CNCC(C)(C)CN1. The molecule has 0 amide bonds. The summed E-state index contributed by atoms with van der Waals surface area (Å²) in [5.74, 6) is 0. The van der Waals surface area contributed by atoms with Gasteiger partial charge in [-0.15, -0.1) is 0 Å². The maximum Gasteiger partial charge on any atom is 0.0192 e. The van der Waals surface area contributed by atoms with Crippen LogP contribution in [0.3, 0.4) is 0 Å². The maximum absolute atomic E-state index is 3.61. The molecule has 0 spiro atoms. The van der Waals surface area contributed by atoms with E-state index in [0.717, 1.165) is 19.6 Å². The summed E-state index contributed by atoms with van der Waals surface area (Å²) < 4.78 is 0. The molecule has 2 nitrogen and oxygen atoms in total. The summed E-state index contributed by atoms with van der Waals surface area (Å²) in [6, 6.07) is 0.691. The van der Waals surface area contributed by atoms with Gasteiger partial charge >= 0.3 is 0 Å². The minimum Gasteiger partial charge on any atom is -0.315 e. The summed E-state index contributed by atoms with van der Waals surface area (Å²) >= 11 is 0. The van der Waals surface area contributed by atoms with Crippen LogP contribution in [0.2, 0.25) is 0 Å². The molecular weight excluding hydrogens is 148 g/mol. The largest absolute Gasteiger partial charge is 0.315 e. The van der Waals surface area contributed by atoms with Crippen molar-refractivity contribution >= 4 is 0 Å². The summed E-state index contributed by atoms with van der Waals surface area (Å²) in [7, 11) is 0. The standard InChI is InChI=1S/C10H22N2/c1-4-5-9-6-11-7-10(2,3)8-12-9/h9,11-12H,4-8H2,1-3H3. The molecule has 1 aliphatic heterocycles. The molecule has 1 aliphatic rings. The fourth-order valence-corrected chi connectivity index (χ4v) is 1.69. The first-order valence-electron chi connectivity index (χ1n) is 5.08. The predicted octanol–water partition coefficient (Wildman–Crippen LogP) is 1.37. The Bertz CT molecular complexity index is 132. The molecule has 1 heterocycles. The van der Waals surface area contributed by atoms with E-state index in [1.165, 1.54) is 12.8 Å². The third kappa shape index (κ3) is 3.11. The van der Waals surface area contributed by atoms with Crippen molar-refractivity contribution in [3.63, 3.8) is 0 Å². The average Bonchev–Trinajstić information content (AvgIpc) is 2.14. The second-order valence-electron chi connectivity index (χ2n) is 4.66. The molecule has 0 radical (unpaired) electrons. The van der Waals surface area contributed by atoms with Crippen LogP contribution in [0, 0.1) is 5.41 Å². The highest BCUT2D eigenvalue weighted by Crippen LogP contribution is 2.14. The molecule has 1 atom stereocenters. The van der Waals surface area contributed by atoms with E-state index in [2.05, 4.69) is 31.4 Å². The van der Waals surface area contributed by atoms with Gasteiger partial charge < -0.3 is 10.6 Å². The van der Waals surface area contributed by atoms with Gasteiger partial charge in [-0.3, -0.25) is 0 Å². The molecule has 1 saturated heterocycles. The summed E-state index contributed by atoms with van der Waals surface area (Å²) in [4.78, 5) is 0. The Morgan fingerprint density at radius 2 is 2.08 bits per heavy atom. The molecule has 0 bridgehead atoms. The molecule has 0 saturated carbocycles. The van der Waals surface area contributed by atoms with Gasteiger partial charge in [0.15, 0.2) is 0 Å². The molecule has 1 fully saturated rings. The van der Waals surface area contributed by atoms with E-state index in [-0.39, 0.29) is 0 Å². The molecule has 1 rings (SSSR count). The minimum absolute atomic E-state index is 0.419. The Morgan fingerprint density at radius 3 is 2.75 bits per heavy atom. The number of nitrogens with one attached hydrogen (secondary N) is 2. The van der Waals surface area contributed by atoms with Crippen molar-refractivity contribution in [1.82, 2.24) is 10.6 Å². The van der Waals surface area contributed by atoms with Gasteiger partial charge in [-0.2, -0.15) is 0 Å². The Hall–Kier alpha value is -0.0800. The molecule has 0 aromatic heterocycles. The summed E-state index contributed by atoms with van der Waals surface area (Å²) in [6.07, 6.45) is 2.57. The lowest BCUT2D eigenvalue weighted by molar-refractivity contribution is 0.348. The second-order valence-corrected chi connectivity index (χ2v) is 4.66. The van der Waals surface area contributed by atoms with E-state index in [1.807, 2.05) is 0 Å². The molecule has 1 unspecified atom stereocenters. The Morgan fingerprint density at radius 1 is 1.33 bits per heavy atom. The Balaban J connectivity index is 2.34. The van der Waals surface area contributed by atoms with Gasteiger partial charge in [0.05, 0.1) is 0 Å². The van der Waals surface area contributed by atoms with E-state index in [4.69, 9.17) is 0 Å². The monoisotopic (exact) mass is 170 g/mol. The quantitative estimate of drug-likeness (QED) is 0.654. The van der Waals surface area contributed by atoms with Crippen LogP contribution in [-0.2, 0) is 0 Å². The normalized spacial score (nSPS) is 29.8. The molecule has 0 aliphatic carbocycles. The van der Waals surface area contributed by atoms with Crippen molar-refractivity contribution in [2.24, 2.45) is 5.41 Å².